The Morgan fingerprint density at radius 2 is 1.38 bits per heavy atom. The van der Waals surface area contributed by atoms with Gasteiger partial charge in [-0.15, -0.1) is 0 Å². The Bertz CT molecular complexity index is 1120. The monoisotopic (exact) mass is 536 g/mol. The van der Waals surface area contributed by atoms with Crippen molar-refractivity contribution in [1.29, 1.82) is 0 Å². The largest absolute Gasteiger partial charge is 0.463 e. The summed E-state index contributed by atoms with van der Waals surface area (Å²) in [5, 5.41) is 13.5. The van der Waals surface area contributed by atoms with E-state index in [0.29, 0.717) is 12.1 Å². The van der Waals surface area contributed by atoms with E-state index in [-0.39, 0.29) is 5.56 Å². The molecule has 0 spiro atoms. The summed E-state index contributed by atoms with van der Waals surface area (Å²) in [6.07, 6.45) is -11.2. The summed E-state index contributed by atoms with van der Waals surface area (Å²) in [7, 11) is 0. The van der Waals surface area contributed by atoms with Crippen molar-refractivity contribution in [3.8, 4) is 0 Å². The van der Waals surface area contributed by atoms with Gasteiger partial charge >= 0.3 is 30.0 Å². The Hall–Kier alpha value is -3.81. The molecule has 0 aliphatic heterocycles. The van der Waals surface area contributed by atoms with Gasteiger partial charge in [-0.3, -0.25) is 4.79 Å². The first-order chi connectivity index (χ1) is 17.1. The highest BCUT2D eigenvalue weighted by Gasteiger charge is 2.65. The summed E-state index contributed by atoms with van der Waals surface area (Å²) < 4.78 is 93.2. The highest BCUT2D eigenvalue weighted by molar-refractivity contribution is 5.99. The molecule has 2 rings (SSSR count). The van der Waals surface area contributed by atoms with E-state index in [1.165, 1.54) is 37.4 Å². The van der Waals surface area contributed by atoms with E-state index in [2.05, 4.69) is 9.47 Å². The molecular weight excluding hydrogens is 514 g/mol. The second-order valence-electron chi connectivity index (χ2n) is 7.42. The molecule has 0 saturated heterocycles. The van der Waals surface area contributed by atoms with E-state index in [0.717, 1.165) is 24.3 Å². The zero-order chi connectivity index (χ0) is 28.1. The van der Waals surface area contributed by atoms with Crippen LogP contribution in [-0.4, -0.2) is 54.2 Å². The fraction of sp³-hybridized carbons (Fsp3) is 0.348. The third kappa shape index (κ3) is 5.96. The van der Waals surface area contributed by atoms with Gasteiger partial charge in [0.25, 0.3) is 11.5 Å². The van der Waals surface area contributed by atoms with E-state index in [9.17, 15) is 45.8 Å². The zero-order valence-corrected chi connectivity index (χ0v) is 19.4. The van der Waals surface area contributed by atoms with Gasteiger partial charge in [0.15, 0.2) is 0 Å². The van der Waals surface area contributed by atoms with Gasteiger partial charge < -0.3 is 25.2 Å². The second kappa shape index (κ2) is 11.1. The molecule has 2 unspecified atom stereocenters. The lowest BCUT2D eigenvalue weighted by Gasteiger charge is -2.36. The number of hydrogen-bond acceptors (Lipinski definition) is 7. The van der Waals surface area contributed by atoms with E-state index >= 15 is 0 Å². The molecule has 3 N–H and O–H groups in total. The van der Waals surface area contributed by atoms with Crippen LogP contribution in [-0.2, 0) is 24.7 Å². The molecule has 0 saturated carbocycles. The predicted molar refractivity (Wildman–Crippen MR) is 116 cm³/mol. The standard InChI is InChI=1S/C23H22F6N2O6/c1-3-36-18(33)20(35,22(24,25)26)15-11-8-12-16(13-15)30-21(23(27,28)29,19(34)37-4-2)31-17(32)14-9-6-5-7-10-14/h5-13,30,35H,3-4H2,1-2H3,(H,31,32). The predicted octanol–water partition coefficient (Wildman–Crippen LogP) is 3.66. The molecule has 14 heteroatoms. The first-order valence-electron chi connectivity index (χ1n) is 10.6. The van der Waals surface area contributed by atoms with Crippen LogP contribution in [0.25, 0.3) is 0 Å². The molecule has 37 heavy (non-hydrogen) atoms. The Kier molecular flexibility index (Phi) is 8.80. The number of carbonyl (C=O) groups excluding carboxylic acids is 3. The van der Waals surface area contributed by atoms with Gasteiger partial charge in [0.2, 0.25) is 0 Å². The number of anilines is 1. The van der Waals surface area contributed by atoms with Crippen molar-refractivity contribution < 1.29 is 55.3 Å². The van der Waals surface area contributed by atoms with Gasteiger partial charge in [0, 0.05) is 16.8 Å². The van der Waals surface area contributed by atoms with Crippen molar-refractivity contribution in [2.24, 2.45) is 0 Å². The average Bonchev–Trinajstić information content (AvgIpc) is 2.82. The summed E-state index contributed by atoms with van der Waals surface area (Å²) >= 11 is 0. The number of ether oxygens (including phenoxy) is 2. The van der Waals surface area contributed by atoms with Crippen LogP contribution in [0.15, 0.2) is 54.6 Å². The number of halogens is 6. The SMILES string of the molecule is CCOC(=O)C(NC(=O)c1ccccc1)(Nc1cccc(C(O)(C(=O)OCC)C(F)(F)F)c1)C(F)(F)F. The van der Waals surface area contributed by atoms with Crippen LogP contribution < -0.4 is 10.6 Å². The molecule has 0 aliphatic rings. The van der Waals surface area contributed by atoms with Crippen molar-refractivity contribution in [2.75, 3.05) is 18.5 Å². The number of esters is 2. The summed E-state index contributed by atoms with van der Waals surface area (Å²) in [5.74, 6) is -5.51. The van der Waals surface area contributed by atoms with Gasteiger partial charge in [-0.05, 0) is 38.1 Å². The molecule has 0 aliphatic carbocycles. The summed E-state index contributed by atoms with van der Waals surface area (Å²) in [6, 6.07) is 9.08. The number of carbonyl (C=O) groups is 3. The quantitative estimate of drug-likeness (QED) is 0.255. The van der Waals surface area contributed by atoms with Crippen molar-refractivity contribution in [3.05, 3.63) is 65.7 Å². The smallest absolute Gasteiger partial charge is 0.441 e. The fourth-order valence-corrected chi connectivity index (χ4v) is 3.13. The topological polar surface area (TPSA) is 114 Å². The number of nitrogens with one attached hydrogen (secondary N) is 2. The summed E-state index contributed by atoms with van der Waals surface area (Å²) in [4.78, 5) is 37.3. The van der Waals surface area contributed by atoms with E-state index in [1.54, 1.807) is 5.32 Å². The molecule has 2 atom stereocenters. The molecule has 1 amide bonds. The molecule has 2 aromatic rings. The van der Waals surface area contributed by atoms with Crippen LogP contribution >= 0.6 is 0 Å². The average molecular weight is 536 g/mol. The minimum atomic E-state index is -5.64. The summed E-state index contributed by atoms with van der Waals surface area (Å²) in [6.45, 7) is 1.29. The fourth-order valence-electron chi connectivity index (χ4n) is 3.13. The third-order valence-corrected chi connectivity index (χ3v) is 4.94. The maximum absolute atomic E-state index is 14.4. The van der Waals surface area contributed by atoms with Crippen LogP contribution in [0.2, 0.25) is 0 Å². The molecule has 0 fully saturated rings. The Morgan fingerprint density at radius 3 is 1.89 bits per heavy atom. The molecular formula is C23H22F6N2O6. The Balaban J connectivity index is 2.66. The first kappa shape index (κ1) is 29.4. The normalized spacial score (nSPS) is 15.1. The lowest BCUT2D eigenvalue weighted by molar-refractivity contribution is -0.267. The van der Waals surface area contributed by atoms with Crippen molar-refractivity contribution in [3.63, 3.8) is 0 Å². The number of alkyl halides is 6. The maximum Gasteiger partial charge on any atom is 0.441 e. The number of benzene rings is 2. The van der Waals surface area contributed by atoms with Crippen LogP contribution in [0.3, 0.4) is 0 Å². The highest BCUT2D eigenvalue weighted by Crippen LogP contribution is 2.41. The molecule has 0 heterocycles. The van der Waals surface area contributed by atoms with Gasteiger partial charge in [-0.1, -0.05) is 30.3 Å². The van der Waals surface area contributed by atoms with Gasteiger partial charge in [0.05, 0.1) is 13.2 Å². The van der Waals surface area contributed by atoms with E-state index in [1.807, 2.05) is 0 Å². The minimum absolute atomic E-state index is 0.273. The molecule has 2 aromatic carbocycles. The van der Waals surface area contributed by atoms with E-state index < -0.39 is 65.9 Å². The van der Waals surface area contributed by atoms with Gasteiger partial charge in [-0.25, -0.2) is 9.59 Å². The molecule has 8 nitrogen and oxygen atoms in total. The Morgan fingerprint density at radius 1 is 0.811 bits per heavy atom. The Labute approximate surface area is 206 Å². The third-order valence-electron chi connectivity index (χ3n) is 4.94. The lowest BCUT2D eigenvalue weighted by atomic mass is 9.92. The minimum Gasteiger partial charge on any atom is -0.463 e. The van der Waals surface area contributed by atoms with E-state index in [4.69, 9.17) is 0 Å². The molecule has 202 valence electrons. The number of aliphatic hydroxyl groups is 1. The highest BCUT2D eigenvalue weighted by atomic mass is 19.4. The van der Waals surface area contributed by atoms with Crippen molar-refractivity contribution in [2.45, 2.75) is 37.5 Å². The summed E-state index contributed by atoms with van der Waals surface area (Å²) in [5.41, 5.74) is -10.5. The number of amides is 1. The van der Waals surface area contributed by atoms with Crippen LogP contribution in [0, 0.1) is 0 Å². The number of hydrogen-bond donors (Lipinski definition) is 3. The van der Waals surface area contributed by atoms with Crippen LogP contribution in [0.1, 0.15) is 29.8 Å². The number of rotatable bonds is 9. The molecule has 0 radical (unpaired) electrons. The van der Waals surface area contributed by atoms with Gasteiger partial charge in [-0.2, -0.15) is 26.3 Å². The van der Waals surface area contributed by atoms with Gasteiger partial charge in [0.1, 0.15) is 0 Å². The lowest BCUT2D eigenvalue weighted by Crippen LogP contribution is -2.69. The van der Waals surface area contributed by atoms with Crippen molar-refractivity contribution in [1.82, 2.24) is 5.32 Å². The van der Waals surface area contributed by atoms with Crippen LogP contribution in [0.5, 0.6) is 0 Å². The van der Waals surface area contributed by atoms with Crippen LogP contribution in [0.4, 0.5) is 32.0 Å². The molecule has 0 aromatic heterocycles. The maximum atomic E-state index is 14.4. The molecule has 0 bridgehead atoms. The second-order valence-corrected chi connectivity index (χ2v) is 7.42. The first-order valence-corrected chi connectivity index (χ1v) is 10.6. The zero-order valence-electron chi connectivity index (χ0n) is 19.4. The van der Waals surface area contributed by atoms with Crippen molar-refractivity contribution >= 4 is 23.5 Å².